The van der Waals surface area contributed by atoms with Crippen molar-refractivity contribution in [2.24, 2.45) is 11.5 Å². The van der Waals surface area contributed by atoms with Gasteiger partial charge in [-0.3, -0.25) is 14.4 Å². The van der Waals surface area contributed by atoms with Crippen molar-refractivity contribution in [2.75, 3.05) is 37.8 Å². The Morgan fingerprint density at radius 3 is 1.47 bits per heavy atom. The highest BCUT2D eigenvalue weighted by atomic mass is 32.2. The number of rotatable bonds is 16. The lowest BCUT2D eigenvalue weighted by molar-refractivity contribution is -0.145. The molecule has 0 spiro atoms. The summed E-state index contributed by atoms with van der Waals surface area (Å²) in [6.45, 7) is 13.4. The van der Waals surface area contributed by atoms with Gasteiger partial charge in [-0.1, -0.05) is 12.1 Å². The largest absolute Gasteiger partial charge is 0.482 e. The molecule has 25 heteroatoms. The smallest absolute Gasteiger partial charge is 0.405 e. The molecule has 74 heavy (non-hydrogen) atoms. The molecule has 0 bridgehead atoms. The molecule has 0 radical (unpaired) electrons. The Balaban J connectivity index is 0.000000414. The minimum absolute atomic E-state index is 0.00252. The number of carboxylic acids is 1. The van der Waals surface area contributed by atoms with Crippen LogP contribution in [0.3, 0.4) is 0 Å². The monoisotopic (exact) mass is 1090 g/mol. The van der Waals surface area contributed by atoms with E-state index in [1.165, 1.54) is 33.3 Å². The summed E-state index contributed by atoms with van der Waals surface area (Å²) in [5.41, 5.74) is 9.34. The lowest BCUT2D eigenvalue weighted by Crippen LogP contribution is -2.44. The zero-order valence-corrected chi connectivity index (χ0v) is 43.7. The van der Waals surface area contributed by atoms with E-state index in [1.807, 2.05) is 0 Å². The second kappa shape index (κ2) is 30.7. The Labute approximate surface area is 433 Å². The van der Waals surface area contributed by atoms with Crippen LogP contribution in [0.5, 0.6) is 5.75 Å². The lowest BCUT2D eigenvalue weighted by Gasteiger charge is -2.23. The fourth-order valence-corrected chi connectivity index (χ4v) is 8.69. The van der Waals surface area contributed by atoms with Gasteiger partial charge in [-0.25, -0.2) is 45.5 Å². The number of hydrogen-bond acceptors (Lipinski definition) is 13. The molecule has 17 nitrogen and oxygen atoms in total. The predicted molar refractivity (Wildman–Crippen MR) is 263 cm³/mol. The molecule has 3 aromatic rings. The standard InChI is InChI=1S/C25H27F3N2O5S.C14H14F3NO3S.2C5H11NO2/c1-2-34-23(32)15-35-18-8-6-16(7-9-18)14-29-24(33)25-30(10-11-36-25)22(31)5-3-4-17-12-20(27)21(28)13-19(17)26;15-9-7-11(17)10(16)6-8(9)2-1-3-12(19)18-4-5-22-13(18)14(20)21;2*1-5(2,3)8-4(6)7/h6-9,12-13,25H,2-5,10-11,14-15H2,1H3,(H,29,33);6-7,13H,1-5H2,(H,20,21);2*1-3H3,(H2,6,7). The van der Waals surface area contributed by atoms with Crippen molar-refractivity contribution >= 4 is 65.4 Å². The maximum Gasteiger partial charge on any atom is 0.405 e. The number of carboxylic acid groups (broad SMARTS) is 1. The van der Waals surface area contributed by atoms with Crippen LogP contribution in [-0.4, -0.2) is 117 Å². The summed E-state index contributed by atoms with van der Waals surface area (Å²) in [6.07, 6.45) is -0.747. The highest BCUT2D eigenvalue weighted by Crippen LogP contribution is 2.27. The van der Waals surface area contributed by atoms with Crippen LogP contribution in [0.15, 0.2) is 48.5 Å². The third kappa shape index (κ3) is 24.1. The van der Waals surface area contributed by atoms with Gasteiger partial charge in [0, 0.05) is 56.1 Å². The number of primary amides is 2. The molecule has 2 unspecified atom stereocenters. The third-order valence-electron chi connectivity index (χ3n) is 9.58. The molecular weight excluding hydrogens is 1030 g/mol. The van der Waals surface area contributed by atoms with Crippen LogP contribution in [0.1, 0.15) is 90.8 Å². The number of aryl methyl sites for hydroxylation is 2. The molecule has 3 aromatic carbocycles. The molecule has 2 atom stereocenters. The molecule has 0 aliphatic carbocycles. The van der Waals surface area contributed by atoms with Crippen LogP contribution in [0.4, 0.5) is 35.9 Å². The molecular formula is C49H63F6N5O12S2. The molecule has 2 fully saturated rings. The van der Waals surface area contributed by atoms with Crippen molar-refractivity contribution in [3.05, 3.63) is 100 Å². The summed E-state index contributed by atoms with van der Waals surface area (Å²) in [5.74, 6) is -7.26. The summed E-state index contributed by atoms with van der Waals surface area (Å²) in [5, 5.41) is 10.2. The van der Waals surface area contributed by atoms with E-state index in [0.29, 0.717) is 42.5 Å². The van der Waals surface area contributed by atoms with Gasteiger partial charge in [0.25, 0.3) is 5.91 Å². The number of amides is 5. The van der Waals surface area contributed by atoms with Gasteiger partial charge in [0.1, 0.15) is 28.6 Å². The van der Waals surface area contributed by atoms with Crippen molar-refractivity contribution in [1.82, 2.24) is 15.1 Å². The van der Waals surface area contributed by atoms with Crippen LogP contribution in [0, 0.1) is 34.9 Å². The normalized spacial score (nSPS) is 14.9. The van der Waals surface area contributed by atoms with E-state index in [0.717, 1.165) is 17.7 Å². The zero-order chi connectivity index (χ0) is 55.9. The van der Waals surface area contributed by atoms with Crippen molar-refractivity contribution in [1.29, 1.82) is 0 Å². The van der Waals surface area contributed by atoms with Gasteiger partial charge >= 0.3 is 24.1 Å². The van der Waals surface area contributed by atoms with E-state index in [-0.39, 0.29) is 87.1 Å². The average Bonchev–Trinajstić information content (AvgIpc) is 4.00. The Hall–Kier alpha value is -6.37. The number of carbonyl (C=O) groups is 7. The molecule has 2 heterocycles. The number of nitrogens with one attached hydrogen (secondary N) is 1. The van der Waals surface area contributed by atoms with Gasteiger partial charge < -0.3 is 50.6 Å². The number of nitrogens with two attached hydrogens (primary N) is 2. The Bertz CT molecular complexity index is 2370. The van der Waals surface area contributed by atoms with Gasteiger partial charge in [0.05, 0.1) is 6.61 Å². The Kier molecular flexibility index (Phi) is 26.5. The van der Waals surface area contributed by atoms with Crippen LogP contribution >= 0.6 is 23.5 Å². The number of hydrogen-bond donors (Lipinski definition) is 4. The van der Waals surface area contributed by atoms with Gasteiger partial charge in [0.15, 0.2) is 40.6 Å². The lowest BCUT2D eigenvalue weighted by atomic mass is 10.1. The quantitative estimate of drug-likeness (QED) is 0.0464. The molecule has 0 saturated carbocycles. The molecule has 5 rings (SSSR count). The van der Waals surface area contributed by atoms with Crippen LogP contribution in [-0.2, 0) is 57.6 Å². The molecule has 6 N–H and O–H groups in total. The van der Waals surface area contributed by atoms with E-state index >= 15 is 0 Å². The van der Waals surface area contributed by atoms with Crippen LogP contribution in [0.2, 0.25) is 0 Å². The van der Waals surface area contributed by atoms with Gasteiger partial charge in [0.2, 0.25) is 11.8 Å². The number of carbonyl (C=O) groups excluding carboxylic acids is 6. The number of aliphatic carboxylic acids is 1. The number of esters is 1. The molecule has 2 saturated heterocycles. The second-order valence-corrected chi connectivity index (χ2v) is 20.3. The highest BCUT2D eigenvalue weighted by Gasteiger charge is 2.35. The first-order valence-corrected chi connectivity index (χ1v) is 25.0. The van der Waals surface area contributed by atoms with E-state index in [2.05, 4.69) is 14.8 Å². The fourth-order valence-electron chi connectivity index (χ4n) is 6.46. The maximum absolute atomic E-state index is 13.8. The number of halogens is 6. The van der Waals surface area contributed by atoms with E-state index in [1.54, 1.807) is 72.7 Å². The van der Waals surface area contributed by atoms with Gasteiger partial charge in [-0.05, 0) is 115 Å². The highest BCUT2D eigenvalue weighted by molar-refractivity contribution is 8.01. The van der Waals surface area contributed by atoms with Crippen molar-refractivity contribution in [3.63, 3.8) is 0 Å². The minimum atomic E-state index is -1.26. The van der Waals surface area contributed by atoms with E-state index < -0.39 is 81.0 Å². The first kappa shape index (κ1) is 63.7. The zero-order valence-electron chi connectivity index (χ0n) is 42.0. The summed E-state index contributed by atoms with van der Waals surface area (Å²) < 4.78 is 98.8. The molecule has 0 aromatic heterocycles. The summed E-state index contributed by atoms with van der Waals surface area (Å²) in [7, 11) is 0. The first-order valence-electron chi connectivity index (χ1n) is 23.0. The molecule has 410 valence electrons. The molecule has 2 aliphatic rings. The predicted octanol–water partition coefficient (Wildman–Crippen LogP) is 7.76. The summed E-state index contributed by atoms with van der Waals surface area (Å²) in [6, 6.07) is 9.41. The fraction of sp³-hybridized carbons (Fsp3) is 0.490. The Morgan fingerprint density at radius 2 is 1.08 bits per heavy atom. The number of benzene rings is 3. The average molecular weight is 1090 g/mol. The third-order valence-corrected chi connectivity index (χ3v) is 12.0. The summed E-state index contributed by atoms with van der Waals surface area (Å²) >= 11 is 2.53. The SMILES string of the molecule is CC(C)(C)OC(N)=O.CC(C)(C)OC(N)=O.CCOC(=O)COc1ccc(CNC(=O)C2SCCN2C(=O)CCCc2cc(F)c(F)cc2F)cc1.O=C(O)C1SCCN1C(=O)CCCc1cc(F)c(F)cc1F. The molecule has 2 aliphatic heterocycles. The topological polar surface area (TPSA) is 247 Å². The number of nitrogens with zero attached hydrogens (tertiary/aromatic N) is 2. The van der Waals surface area contributed by atoms with E-state index in [4.69, 9.17) is 26.0 Å². The van der Waals surface area contributed by atoms with Crippen molar-refractivity contribution < 1.29 is 84.0 Å². The number of thioether (sulfide) groups is 2. The minimum Gasteiger partial charge on any atom is -0.482 e. The maximum atomic E-state index is 13.8. The molecule has 5 amide bonds. The number of ether oxygens (including phenoxy) is 4. The van der Waals surface area contributed by atoms with Crippen LogP contribution < -0.4 is 21.5 Å². The van der Waals surface area contributed by atoms with E-state index in [9.17, 15) is 59.9 Å². The van der Waals surface area contributed by atoms with Gasteiger partial charge in [-0.2, -0.15) is 0 Å². The van der Waals surface area contributed by atoms with Crippen LogP contribution in [0.25, 0.3) is 0 Å². The van der Waals surface area contributed by atoms with Crippen molar-refractivity contribution in [2.45, 2.75) is 115 Å². The second-order valence-electron chi connectivity index (χ2n) is 17.9. The van der Waals surface area contributed by atoms with Gasteiger partial charge in [-0.15, -0.1) is 23.5 Å². The first-order chi connectivity index (χ1) is 34.5. The van der Waals surface area contributed by atoms with Crippen molar-refractivity contribution in [3.8, 4) is 5.75 Å². The Morgan fingerprint density at radius 1 is 0.662 bits per heavy atom. The summed E-state index contributed by atoms with van der Waals surface area (Å²) in [4.78, 5) is 82.5.